The highest BCUT2D eigenvalue weighted by Gasteiger charge is 2.19. The van der Waals surface area contributed by atoms with Crippen LogP contribution in [0.3, 0.4) is 0 Å². The Morgan fingerprint density at radius 3 is 0.867 bits per heavy atom. The Kier molecular flexibility index (Phi) is 59.3. The number of rotatable bonds is 56. The van der Waals surface area contributed by atoms with Gasteiger partial charge in [-0.15, -0.1) is 0 Å². The van der Waals surface area contributed by atoms with Gasteiger partial charge in [0, 0.05) is 19.3 Å². The number of ether oxygens (including phenoxy) is 3. The number of unbranched alkanes of at least 4 members (excludes halogenated alkanes) is 27. The van der Waals surface area contributed by atoms with E-state index in [2.05, 4.69) is 130 Å². The topological polar surface area (TPSA) is 78.9 Å². The van der Waals surface area contributed by atoms with Gasteiger partial charge in [0.15, 0.2) is 6.10 Å². The van der Waals surface area contributed by atoms with Crippen molar-refractivity contribution in [3.8, 4) is 0 Å². The van der Waals surface area contributed by atoms with Crippen LogP contribution in [0.5, 0.6) is 0 Å². The zero-order chi connectivity index (χ0) is 54.3. The summed E-state index contributed by atoms with van der Waals surface area (Å²) in [7, 11) is 0. The van der Waals surface area contributed by atoms with Crippen molar-refractivity contribution in [1.82, 2.24) is 0 Å². The van der Waals surface area contributed by atoms with Gasteiger partial charge in [0.05, 0.1) is 0 Å². The second kappa shape index (κ2) is 62.6. The lowest BCUT2D eigenvalue weighted by molar-refractivity contribution is -0.167. The van der Waals surface area contributed by atoms with Crippen molar-refractivity contribution in [2.24, 2.45) is 0 Å². The summed E-state index contributed by atoms with van der Waals surface area (Å²) in [6.45, 7) is 6.45. The summed E-state index contributed by atoms with van der Waals surface area (Å²) in [5, 5.41) is 0. The summed E-state index contributed by atoms with van der Waals surface area (Å²) < 4.78 is 16.8. The molecule has 0 N–H and O–H groups in total. The fourth-order valence-electron chi connectivity index (χ4n) is 8.58. The number of carbonyl (C=O) groups is 3. The molecular formula is C69H116O6. The van der Waals surface area contributed by atoms with Gasteiger partial charge in [-0.2, -0.15) is 0 Å². The van der Waals surface area contributed by atoms with Gasteiger partial charge >= 0.3 is 17.9 Å². The SMILES string of the molecule is CC/C=C\C/C=C\C/C=C\C/C=C\C/C=C\C/C=C\C/C=C\CCCCCCCCCCCCCC(=O)OCC(COC(=O)CCCCCCCCCCCCC)OC(=O)CCCCCCC/C=C\C/C=C\CCC. The van der Waals surface area contributed by atoms with Crippen LogP contribution in [0.1, 0.15) is 290 Å². The van der Waals surface area contributed by atoms with Crippen LogP contribution < -0.4 is 0 Å². The standard InChI is InChI=1S/C69H116O6/c1-4-7-10-13-16-19-22-24-25-26-27-28-29-30-31-32-33-34-35-36-37-38-39-40-41-42-43-45-47-50-53-56-59-62-68(71)74-65-66(64-73-67(70)61-58-55-52-49-46-21-18-15-12-9-6-3)75-69(72)63-60-57-54-51-48-44-23-20-17-14-11-8-5-2/h7,10-11,14,16,19-20,23-25,27-28,30-31,33-34,36-37,66H,4-6,8-9,12-13,15,17-18,21-22,26,29,32,35,38-65H2,1-3H3/b10-7-,14-11-,19-16-,23-20-,25-24-,28-27-,31-30-,34-33-,37-36-. The molecule has 0 bridgehead atoms. The fourth-order valence-corrected chi connectivity index (χ4v) is 8.58. The summed E-state index contributed by atoms with van der Waals surface area (Å²) in [4.78, 5) is 38.1. The summed E-state index contributed by atoms with van der Waals surface area (Å²) in [6.07, 6.45) is 85.3. The van der Waals surface area contributed by atoms with E-state index in [0.717, 1.165) is 135 Å². The van der Waals surface area contributed by atoms with Crippen LogP contribution in [0, 0.1) is 0 Å². The molecule has 0 rings (SSSR count). The fraction of sp³-hybridized carbons (Fsp3) is 0.696. The molecule has 0 aromatic rings. The van der Waals surface area contributed by atoms with Crippen molar-refractivity contribution in [3.05, 3.63) is 109 Å². The number of carbonyl (C=O) groups excluding carboxylic acids is 3. The Labute approximate surface area is 463 Å². The third-order valence-electron chi connectivity index (χ3n) is 13.2. The molecule has 0 aliphatic carbocycles. The summed E-state index contributed by atoms with van der Waals surface area (Å²) in [6, 6.07) is 0. The van der Waals surface area contributed by atoms with Gasteiger partial charge in [-0.1, -0.05) is 278 Å². The van der Waals surface area contributed by atoms with Crippen molar-refractivity contribution in [1.29, 1.82) is 0 Å². The molecule has 0 fully saturated rings. The van der Waals surface area contributed by atoms with Crippen molar-refractivity contribution < 1.29 is 28.6 Å². The molecule has 1 atom stereocenters. The van der Waals surface area contributed by atoms with Gasteiger partial charge in [0.25, 0.3) is 0 Å². The monoisotopic (exact) mass is 1040 g/mol. The molecule has 75 heavy (non-hydrogen) atoms. The average Bonchev–Trinajstić information content (AvgIpc) is 3.41. The molecule has 0 aromatic carbocycles. The van der Waals surface area contributed by atoms with E-state index in [1.54, 1.807) is 0 Å². The average molecular weight is 1040 g/mol. The molecule has 0 heterocycles. The maximum absolute atomic E-state index is 12.8. The predicted octanol–water partition coefficient (Wildman–Crippen LogP) is 21.4. The molecule has 0 radical (unpaired) electrons. The second-order valence-corrected chi connectivity index (χ2v) is 20.6. The molecule has 1 unspecified atom stereocenters. The lowest BCUT2D eigenvalue weighted by Crippen LogP contribution is -2.30. The first-order valence-corrected chi connectivity index (χ1v) is 31.4. The van der Waals surface area contributed by atoms with E-state index in [9.17, 15) is 14.4 Å². The largest absolute Gasteiger partial charge is 0.462 e. The highest BCUT2D eigenvalue weighted by molar-refractivity contribution is 5.71. The van der Waals surface area contributed by atoms with E-state index in [0.29, 0.717) is 19.3 Å². The van der Waals surface area contributed by atoms with E-state index in [1.807, 2.05) is 0 Å². The van der Waals surface area contributed by atoms with Gasteiger partial charge in [0.2, 0.25) is 0 Å². The number of hydrogen-bond acceptors (Lipinski definition) is 6. The lowest BCUT2D eigenvalue weighted by atomic mass is 10.0. The summed E-state index contributed by atoms with van der Waals surface area (Å²) >= 11 is 0. The lowest BCUT2D eigenvalue weighted by Gasteiger charge is -2.18. The molecule has 0 spiro atoms. The van der Waals surface area contributed by atoms with Crippen LogP contribution in [-0.4, -0.2) is 37.2 Å². The number of esters is 3. The van der Waals surface area contributed by atoms with Gasteiger partial charge in [-0.25, -0.2) is 0 Å². The number of allylic oxidation sites excluding steroid dienone is 18. The highest BCUT2D eigenvalue weighted by atomic mass is 16.6. The molecule has 0 saturated heterocycles. The quantitative estimate of drug-likeness (QED) is 0.0261. The zero-order valence-corrected chi connectivity index (χ0v) is 49.0. The Balaban J connectivity index is 4.16. The molecule has 0 aliphatic heterocycles. The second-order valence-electron chi connectivity index (χ2n) is 20.6. The van der Waals surface area contributed by atoms with E-state index in [-0.39, 0.29) is 31.1 Å². The van der Waals surface area contributed by atoms with Crippen molar-refractivity contribution in [2.45, 2.75) is 297 Å². The molecular weight excluding hydrogens is 925 g/mol. The molecule has 6 heteroatoms. The van der Waals surface area contributed by atoms with Crippen molar-refractivity contribution in [3.63, 3.8) is 0 Å². The first-order valence-electron chi connectivity index (χ1n) is 31.4. The third kappa shape index (κ3) is 60.8. The molecule has 428 valence electrons. The molecule has 0 aromatic heterocycles. The minimum absolute atomic E-state index is 0.0819. The molecule has 6 nitrogen and oxygen atoms in total. The van der Waals surface area contributed by atoms with E-state index >= 15 is 0 Å². The predicted molar refractivity (Wildman–Crippen MR) is 325 cm³/mol. The molecule has 0 aliphatic rings. The minimum Gasteiger partial charge on any atom is -0.462 e. The van der Waals surface area contributed by atoms with Crippen LogP contribution >= 0.6 is 0 Å². The van der Waals surface area contributed by atoms with Crippen LogP contribution in [0.4, 0.5) is 0 Å². The first kappa shape index (κ1) is 71.1. The Hall–Kier alpha value is -3.93. The smallest absolute Gasteiger partial charge is 0.306 e. The van der Waals surface area contributed by atoms with Gasteiger partial charge in [-0.3, -0.25) is 14.4 Å². The van der Waals surface area contributed by atoms with E-state index in [1.165, 1.54) is 116 Å². The van der Waals surface area contributed by atoms with Gasteiger partial charge in [-0.05, 0) is 103 Å². The van der Waals surface area contributed by atoms with E-state index < -0.39 is 6.10 Å². The summed E-state index contributed by atoms with van der Waals surface area (Å²) in [5.41, 5.74) is 0. The van der Waals surface area contributed by atoms with Crippen LogP contribution in [0.15, 0.2) is 109 Å². The Morgan fingerprint density at radius 1 is 0.280 bits per heavy atom. The zero-order valence-electron chi connectivity index (χ0n) is 49.0. The Bertz CT molecular complexity index is 1520. The van der Waals surface area contributed by atoms with Crippen LogP contribution in [0.2, 0.25) is 0 Å². The van der Waals surface area contributed by atoms with Crippen LogP contribution in [0.25, 0.3) is 0 Å². The first-order chi connectivity index (χ1) is 37.0. The van der Waals surface area contributed by atoms with Crippen molar-refractivity contribution >= 4 is 17.9 Å². The maximum atomic E-state index is 12.8. The number of hydrogen-bond donors (Lipinski definition) is 0. The van der Waals surface area contributed by atoms with Crippen LogP contribution in [-0.2, 0) is 28.6 Å². The molecule has 0 amide bonds. The highest BCUT2D eigenvalue weighted by Crippen LogP contribution is 2.16. The Morgan fingerprint density at radius 2 is 0.547 bits per heavy atom. The minimum atomic E-state index is -0.784. The van der Waals surface area contributed by atoms with Gasteiger partial charge in [0.1, 0.15) is 13.2 Å². The van der Waals surface area contributed by atoms with E-state index in [4.69, 9.17) is 14.2 Å². The maximum Gasteiger partial charge on any atom is 0.306 e. The van der Waals surface area contributed by atoms with Crippen molar-refractivity contribution in [2.75, 3.05) is 13.2 Å². The third-order valence-corrected chi connectivity index (χ3v) is 13.2. The normalized spacial score (nSPS) is 12.8. The molecule has 0 saturated carbocycles. The van der Waals surface area contributed by atoms with Gasteiger partial charge < -0.3 is 14.2 Å². The summed E-state index contributed by atoms with van der Waals surface area (Å²) in [5.74, 6) is -0.895.